The van der Waals surface area contributed by atoms with Crippen molar-refractivity contribution in [2.75, 3.05) is 0 Å². The zero-order chi connectivity index (χ0) is 13.1. The molecule has 0 aliphatic heterocycles. The van der Waals surface area contributed by atoms with Gasteiger partial charge >= 0.3 is 0 Å². The van der Waals surface area contributed by atoms with Crippen LogP contribution in [0.4, 0.5) is 0 Å². The van der Waals surface area contributed by atoms with Crippen LogP contribution >= 0.6 is 0 Å². The highest BCUT2D eigenvalue weighted by molar-refractivity contribution is 5.95. The molecule has 0 spiro atoms. The van der Waals surface area contributed by atoms with Crippen molar-refractivity contribution >= 4 is 5.91 Å². The van der Waals surface area contributed by atoms with Crippen molar-refractivity contribution < 1.29 is 4.79 Å². The second kappa shape index (κ2) is 4.91. The van der Waals surface area contributed by atoms with Crippen LogP contribution < -0.4 is 10.9 Å². The van der Waals surface area contributed by atoms with E-state index in [2.05, 4.69) is 15.5 Å². The minimum atomic E-state index is -0.203. The first-order valence-electron chi connectivity index (χ1n) is 5.68. The van der Waals surface area contributed by atoms with E-state index < -0.39 is 0 Å². The highest BCUT2D eigenvalue weighted by atomic mass is 16.1. The number of hydrogen-bond acceptors (Lipinski definition) is 2. The number of H-pyrrole nitrogens is 2. The lowest BCUT2D eigenvalue weighted by atomic mass is 10.1. The van der Waals surface area contributed by atoms with Crippen molar-refractivity contribution in [3.8, 4) is 0 Å². The average Bonchev–Trinajstić information content (AvgIpc) is 2.72. The van der Waals surface area contributed by atoms with Gasteiger partial charge in [-0.1, -0.05) is 17.7 Å². The molecule has 5 heteroatoms. The van der Waals surface area contributed by atoms with E-state index in [9.17, 15) is 9.59 Å². The first kappa shape index (κ1) is 12.2. The second-order valence-corrected chi connectivity index (χ2v) is 4.28. The van der Waals surface area contributed by atoms with Gasteiger partial charge in [0.2, 0.25) is 0 Å². The fraction of sp³-hybridized carbons (Fsp3) is 0.231. The summed E-state index contributed by atoms with van der Waals surface area (Å²) in [6.45, 7) is 4.18. The highest BCUT2D eigenvalue weighted by Gasteiger charge is 2.08. The monoisotopic (exact) mass is 245 g/mol. The molecule has 0 unspecified atom stereocenters. The molecule has 1 aromatic carbocycles. The molecule has 0 bridgehead atoms. The van der Waals surface area contributed by atoms with Gasteiger partial charge in [0.1, 0.15) is 0 Å². The number of nitrogens with one attached hydrogen (secondary N) is 3. The van der Waals surface area contributed by atoms with E-state index in [1.165, 1.54) is 6.07 Å². The quantitative estimate of drug-likeness (QED) is 0.761. The molecule has 94 valence electrons. The molecule has 2 rings (SSSR count). The Morgan fingerprint density at radius 2 is 2.00 bits per heavy atom. The number of aryl methyl sites for hydroxylation is 2. The van der Waals surface area contributed by atoms with Crippen molar-refractivity contribution in [1.82, 2.24) is 15.5 Å². The summed E-state index contributed by atoms with van der Waals surface area (Å²) in [5.41, 5.74) is 3.16. The smallest absolute Gasteiger partial charge is 0.264 e. The molecule has 0 saturated carbocycles. The number of aromatic nitrogens is 2. The number of amides is 1. The van der Waals surface area contributed by atoms with E-state index in [1.54, 1.807) is 6.07 Å². The number of hydrogen-bond donors (Lipinski definition) is 3. The van der Waals surface area contributed by atoms with Crippen LogP contribution in [0.2, 0.25) is 0 Å². The van der Waals surface area contributed by atoms with Crippen molar-refractivity contribution in [3.05, 3.63) is 57.0 Å². The third kappa shape index (κ3) is 2.68. The molecular formula is C13H15N3O2. The normalized spacial score (nSPS) is 10.3. The average molecular weight is 245 g/mol. The fourth-order valence-electron chi connectivity index (χ4n) is 1.81. The SMILES string of the molecule is Cc1ccc(C(=O)NCc2cc(=O)[nH][nH]2)c(C)c1. The van der Waals surface area contributed by atoms with Crippen LogP contribution in [0.15, 0.2) is 29.1 Å². The molecule has 1 amide bonds. The molecule has 1 heterocycles. The van der Waals surface area contributed by atoms with Crippen LogP contribution in [-0.4, -0.2) is 16.1 Å². The summed E-state index contributed by atoms with van der Waals surface area (Å²) in [6, 6.07) is 7.09. The molecule has 3 N–H and O–H groups in total. The van der Waals surface area contributed by atoms with Gasteiger partial charge < -0.3 is 10.4 Å². The number of rotatable bonds is 3. The van der Waals surface area contributed by atoms with Crippen molar-refractivity contribution in [2.24, 2.45) is 0 Å². The van der Waals surface area contributed by atoms with E-state index in [1.807, 2.05) is 26.0 Å². The van der Waals surface area contributed by atoms with Gasteiger partial charge in [0.25, 0.3) is 11.5 Å². The molecule has 1 aromatic heterocycles. The third-order valence-corrected chi connectivity index (χ3v) is 2.72. The number of benzene rings is 1. The Bertz CT molecular complexity index is 625. The predicted molar refractivity (Wildman–Crippen MR) is 68.5 cm³/mol. The van der Waals surface area contributed by atoms with Crippen LogP contribution in [0.1, 0.15) is 27.2 Å². The van der Waals surface area contributed by atoms with Gasteiger partial charge in [0, 0.05) is 11.6 Å². The Balaban J connectivity index is 2.06. The lowest BCUT2D eigenvalue weighted by Gasteiger charge is -2.07. The Labute approximate surface area is 104 Å². The molecular weight excluding hydrogens is 230 g/mol. The maximum atomic E-state index is 11.9. The summed E-state index contributed by atoms with van der Waals surface area (Å²) in [5, 5.41) is 7.86. The Kier molecular flexibility index (Phi) is 3.32. The van der Waals surface area contributed by atoms with Gasteiger partial charge in [-0.3, -0.25) is 14.7 Å². The Hall–Kier alpha value is -2.30. The fourth-order valence-corrected chi connectivity index (χ4v) is 1.81. The minimum absolute atomic E-state index is 0.144. The maximum Gasteiger partial charge on any atom is 0.264 e. The standard InChI is InChI=1S/C13H15N3O2/c1-8-3-4-11(9(2)5-8)13(18)14-7-10-6-12(17)16-15-10/h3-6H,7H2,1-2H3,(H,14,18)(H2,15,16,17). The molecule has 0 saturated heterocycles. The molecule has 0 atom stereocenters. The summed E-state index contributed by atoms with van der Waals surface area (Å²) >= 11 is 0. The lowest BCUT2D eigenvalue weighted by molar-refractivity contribution is 0.0950. The van der Waals surface area contributed by atoms with Crippen molar-refractivity contribution in [2.45, 2.75) is 20.4 Å². The number of carbonyl (C=O) groups is 1. The van der Waals surface area contributed by atoms with Crippen molar-refractivity contribution in [3.63, 3.8) is 0 Å². The first-order chi connectivity index (χ1) is 8.56. The summed E-state index contributed by atoms with van der Waals surface area (Å²) in [5.74, 6) is -0.144. The zero-order valence-electron chi connectivity index (χ0n) is 10.3. The van der Waals surface area contributed by atoms with Gasteiger partial charge in [-0.2, -0.15) is 0 Å². The third-order valence-electron chi connectivity index (χ3n) is 2.72. The molecule has 2 aromatic rings. The largest absolute Gasteiger partial charge is 0.346 e. The van der Waals surface area contributed by atoms with Gasteiger partial charge in [0.15, 0.2) is 0 Å². The summed E-state index contributed by atoms with van der Waals surface area (Å²) in [6.07, 6.45) is 0. The van der Waals surface area contributed by atoms with Gasteiger partial charge in [0.05, 0.1) is 12.2 Å². The van der Waals surface area contributed by atoms with Crippen LogP contribution in [0, 0.1) is 13.8 Å². The van der Waals surface area contributed by atoms with Crippen LogP contribution in [-0.2, 0) is 6.54 Å². The van der Waals surface area contributed by atoms with Crippen LogP contribution in [0.5, 0.6) is 0 Å². The van der Waals surface area contributed by atoms with Gasteiger partial charge in [-0.25, -0.2) is 0 Å². The Morgan fingerprint density at radius 1 is 1.22 bits per heavy atom. The lowest BCUT2D eigenvalue weighted by Crippen LogP contribution is -2.23. The maximum absolute atomic E-state index is 11.9. The van der Waals surface area contributed by atoms with E-state index in [4.69, 9.17) is 0 Å². The summed E-state index contributed by atoms with van der Waals surface area (Å²) in [4.78, 5) is 22.8. The predicted octanol–water partition coefficient (Wildman–Crippen LogP) is 1.25. The topological polar surface area (TPSA) is 77.8 Å². The minimum Gasteiger partial charge on any atom is -0.346 e. The van der Waals surface area contributed by atoms with E-state index in [0.29, 0.717) is 17.8 Å². The molecule has 18 heavy (non-hydrogen) atoms. The Morgan fingerprint density at radius 3 is 2.61 bits per heavy atom. The number of aromatic amines is 2. The van der Waals surface area contributed by atoms with Crippen LogP contribution in [0.3, 0.4) is 0 Å². The summed E-state index contributed by atoms with van der Waals surface area (Å²) in [7, 11) is 0. The van der Waals surface area contributed by atoms with E-state index >= 15 is 0 Å². The molecule has 0 aliphatic rings. The highest BCUT2D eigenvalue weighted by Crippen LogP contribution is 2.10. The summed E-state index contributed by atoms with van der Waals surface area (Å²) < 4.78 is 0. The van der Waals surface area contributed by atoms with E-state index in [0.717, 1.165) is 11.1 Å². The number of carbonyl (C=O) groups excluding carboxylic acids is 1. The molecule has 0 aliphatic carbocycles. The molecule has 0 radical (unpaired) electrons. The first-order valence-corrected chi connectivity index (χ1v) is 5.68. The second-order valence-electron chi connectivity index (χ2n) is 4.28. The van der Waals surface area contributed by atoms with Gasteiger partial charge in [-0.15, -0.1) is 0 Å². The van der Waals surface area contributed by atoms with Gasteiger partial charge in [-0.05, 0) is 25.5 Å². The van der Waals surface area contributed by atoms with Crippen molar-refractivity contribution in [1.29, 1.82) is 0 Å². The molecule has 0 fully saturated rings. The molecule has 5 nitrogen and oxygen atoms in total. The van der Waals surface area contributed by atoms with E-state index in [-0.39, 0.29) is 11.5 Å². The zero-order valence-corrected chi connectivity index (χ0v) is 10.3. The van der Waals surface area contributed by atoms with Crippen LogP contribution in [0.25, 0.3) is 0 Å².